The van der Waals surface area contributed by atoms with Crippen molar-refractivity contribution in [3.05, 3.63) is 35.9 Å². The number of ether oxygens (including phenoxy) is 2. The van der Waals surface area contributed by atoms with Crippen molar-refractivity contribution >= 4 is 0 Å². The van der Waals surface area contributed by atoms with E-state index in [0.717, 1.165) is 25.7 Å². The van der Waals surface area contributed by atoms with Gasteiger partial charge in [-0.05, 0) is 38.7 Å². The highest BCUT2D eigenvalue weighted by atomic mass is 16.8. The van der Waals surface area contributed by atoms with Gasteiger partial charge in [0.15, 0.2) is 5.79 Å². The standard InChI is InChI=1S/C23H37NO4/c1-6-21(4)17-23(26-16-20(15-25)28-23)18(3)22(5,7-2)24(21)27-14-13-19-11-9-8-10-12-19/h8-12,18,20,25H,6-7,13-17H2,1-5H3. The monoisotopic (exact) mass is 391 g/mol. The van der Waals surface area contributed by atoms with Crippen molar-refractivity contribution < 1.29 is 19.4 Å². The zero-order valence-electron chi connectivity index (χ0n) is 18.1. The summed E-state index contributed by atoms with van der Waals surface area (Å²) in [4.78, 5) is 6.50. The average molecular weight is 392 g/mol. The fourth-order valence-corrected chi connectivity index (χ4v) is 4.94. The molecular weight excluding hydrogens is 354 g/mol. The number of piperidine rings is 1. The van der Waals surface area contributed by atoms with Gasteiger partial charge in [-0.1, -0.05) is 51.1 Å². The quantitative estimate of drug-likeness (QED) is 0.763. The highest BCUT2D eigenvalue weighted by Gasteiger charge is 2.63. The maximum Gasteiger partial charge on any atom is 0.175 e. The lowest BCUT2D eigenvalue weighted by molar-refractivity contribution is -0.368. The van der Waals surface area contributed by atoms with Crippen LogP contribution >= 0.6 is 0 Å². The Labute approximate surface area is 169 Å². The lowest BCUT2D eigenvalue weighted by Gasteiger charge is -2.61. The van der Waals surface area contributed by atoms with Gasteiger partial charge in [0.25, 0.3) is 0 Å². The van der Waals surface area contributed by atoms with Crippen LogP contribution in [0.5, 0.6) is 0 Å². The number of hydrogen-bond acceptors (Lipinski definition) is 5. The summed E-state index contributed by atoms with van der Waals surface area (Å²) in [5.41, 5.74) is 0.844. The summed E-state index contributed by atoms with van der Waals surface area (Å²) in [6.07, 6.45) is 3.23. The second-order valence-electron chi connectivity index (χ2n) is 8.87. The van der Waals surface area contributed by atoms with Crippen LogP contribution in [0.2, 0.25) is 0 Å². The first kappa shape index (κ1) is 21.7. The summed E-state index contributed by atoms with van der Waals surface area (Å²) in [6, 6.07) is 10.5. The first-order valence-corrected chi connectivity index (χ1v) is 10.7. The van der Waals surface area contributed by atoms with Crippen LogP contribution in [0.1, 0.15) is 59.4 Å². The number of aliphatic hydroxyl groups is 1. The van der Waals surface area contributed by atoms with Crippen LogP contribution in [0.25, 0.3) is 0 Å². The Morgan fingerprint density at radius 1 is 1.18 bits per heavy atom. The Morgan fingerprint density at radius 3 is 2.46 bits per heavy atom. The first-order valence-electron chi connectivity index (χ1n) is 10.7. The van der Waals surface area contributed by atoms with Crippen LogP contribution in [0.15, 0.2) is 30.3 Å². The van der Waals surface area contributed by atoms with Crippen molar-refractivity contribution in [2.24, 2.45) is 5.92 Å². The van der Waals surface area contributed by atoms with Crippen molar-refractivity contribution in [1.82, 2.24) is 5.06 Å². The van der Waals surface area contributed by atoms with Crippen LogP contribution < -0.4 is 0 Å². The van der Waals surface area contributed by atoms with E-state index in [2.05, 4.69) is 63.9 Å². The molecule has 0 bridgehead atoms. The fraction of sp³-hybridized carbons (Fsp3) is 0.739. The smallest absolute Gasteiger partial charge is 0.175 e. The van der Waals surface area contributed by atoms with Gasteiger partial charge >= 0.3 is 0 Å². The van der Waals surface area contributed by atoms with E-state index in [1.807, 2.05) is 6.07 Å². The van der Waals surface area contributed by atoms with E-state index in [1.165, 1.54) is 5.56 Å². The lowest BCUT2D eigenvalue weighted by Crippen LogP contribution is -2.71. The molecule has 5 heteroatoms. The Hall–Kier alpha value is -0.980. The van der Waals surface area contributed by atoms with Gasteiger partial charge in [-0.25, -0.2) is 0 Å². The third kappa shape index (κ3) is 3.75. The molecule has 0 saturated carbocycles. The lowest BCUT2D eigenvalue weighted by atomic mass is 9.67. The molecule has 0 aliphatic carbocycles. The van der Waals surface area contributed by atoms with Gasteiger partial charge in [0.1, 0.15) is 6.10 Å². The Morgan fingerprint density at radius 2 is 1.89 bits per heavy atom. The van der Waals surface area contributed by atoms with Gasteiger partial charge in [-0.3, -0.25) is 4.84 Å². The molecule has 5 nitrogen and oxygen atoms in total. The highest BCUT2D eigenvalue weighted by molar-refractivity contribution is 5.15. The van der Waals surface area contributed by atoms with Gasteiger partial charge in [0.05, 0.1) is 25.4 Å². The second kappa shape index (κ2) is 8.41. The summed E-state index contributed by atoms with van der Waals surface area (Å²) in [5, 5.41) is 11.8. The number of rotatable bonds is 7. The predicted molar refractivity (Wildman–Crippen MR) is 110 cm³/mol. The van der Waals surface area contributed by atoms with Crippen molar-refractivity contribution in [3.8, 4) is 0 Å². The van der Waals surface area contributed by atoms with Crippen molar-refractivity contribution in [3.63, 3.8) is 0 Å². The number of benzene rings is 1. The highest BCUT2D eigenvalue weighted by Crippen LogP contribution is 2.54. The molecule has 2 heterocycles. The third-order valence-corrected chi connectivity index (χ3v) is 7.19. The minimum Gasteiger partial charge on any atom is -0.394 e. The van der Waals surface area contributed by atoms with E-state index in [0.29, 0.717) is 13.2 Å². The molecule has 1 N–H and O–H groups in total. The molecule has 158 valence electrons. The Kier molecular flexibility index (Phi) is 6.52. The molecule has 1 aromatic rings. The topological polar surface area (TPSA) is 51.2 Å². The molecular formula is C23H37NO4. The largest absolute Gasteiger partial charge is 0.394 e. The zero-order chi connectivity index (χ0) is 20.4. The molecule has 2 fully saturated rings. The van der Waals surface area contributed by atoms with Gasteiger partial charge in [-0.15, -0.1) is 0 Å². The summed E-state index contributed by atoms with van der Waals surface area (Å²) in [7, 11) is 0. The molecule has 3 rings (SSSR count). The number of hydrogen-bond donors (Lipinski definition) is 1. The van der Waals surface area contributed by atoms with E-state index in [4.69, 9.17) is 14.3 Å². The van der Waals surface area contributed by atoms with Gasteiger partial charge in [-0.2, -0.15) is 5.06 Å². The van der Waals surface area contributed by atoms with E-state index in [9.17, 15) is 5.11 Å². The number of hydroxylamine groups is 2. The van der Waals surface area contributed by atoms with Gasteiger partial charge in [0, 0.05) is 17.9 Å². The summed E-state index contributed by atoms with van der Waals surface area (Å²) >= 11 is 0. The molecule has 5 unspecified atom stereocenters. The summed E-state index contributed by atoms with van der Waals surface area (Å²) in [5.74, 6) is -0.555. The minimum atomic E-state index is -0.664. The summed E-state index contributed by atoms with van der Waals surface area (Å²) in [6.45, 7) is 12.2. The molecule has 2 aliphatic heterocycles. The van der Waals surface area contributed by atoms with Crippen molar-refractivity contribution in [2.75, 3.05) is 19.8 Å². The number of nitrogens with zero attached hydrogens (tertiary/aromatic N) is 1. The van der Waals surface area contributed by atoms with E-state index in [-0.39, 0.29) is 29.7 Å². The zero-order valence-corrected chi connectivity index (χ0v) is 18.1. The molecule has 2 aliphatic rings. The molecule has 2 saturated heterocycles. The van der Waals surface area contributed by atoms with E-state index < -0.39 is 5.79 Å². The van der Waals surface area contributed by atoms with Gasteiger partial charge < -0.3 is 14.6 Å². The molecule has 0 radical (unpaired) electrons. The Bertz CT molecular complexity index is 641. The van der Waals surface area contributed by atoms with Crippen LogP contribution in [0.3, 0.4) is 0 Å². The maximum atomic E-state index is 9.58. The summed E-state index contributed by atoms with van der Waals surface area (Å²) < 4.78 is 12.6. The molecule has 1 aromatic carbocycles. The predicted octanol–water partition coefficient (Wildman–Crippen LogP) is 3.94. The van der Waals surface area contributed by atoms with Gasteiger partial charge in [0.2, 0.25) is 0 Å². The third-order valence-electron chi connectivity index (χ3n) is 7.19. The van der Waals surface area contributed by atoms with E-state index in [1.54, 1.807) is 0 Å². The Balaban J connectivity index is 1.82. The average Bonchev–Trinajstić information content (AvgIpc) is 3.13. The minimum absolute atomic E-state index is 0.00254. The second-order valence-corrected chi connectivity index (χ2v) is 8.87. The fourth-order valence-electron chi connectivity index (χ4n) is 4.94. The van der Waals surface area contributed by atoms with Crippen LogP contribution in [0.4, 0.5) is 0 Å². The molecule has 0 amide bonds. The molecule has 0 aromatic heterocycles. The SMILES string of the molecule is CCC1(C)CC2(OCC(CO)O2)C(C)C(C)(CC)N1OCCc1ccccc1. The first-order chi connectivity index (χ1) is 13.3. The van der Waals surface area contributed by atoms with E-state index >= 15 is 0 Å². The molecule has 28 heavy (non-hydrogen) atoms. The molecule has 1 spiro atoms. The molecule has 5 atom stereocenters. The number of aliphatic hydroxyl groups excluding tert-OH is 1. The maximum absolute atomic E-state index is 9.58. The van der Waals surface area contributed by atoms with Crippen molar-refractivity contribution in [1.29, 1.82) is 0 Å². The van der Waals surface area contributed by atoms with Crippen LogP contribution in [0, 0.1) is 5.92 Å². The normalized spacial score (nSPS) is 38.9. The van der Waals surface area contributed by atoms with Crippen molar-refractivity contribution in [2.45, 2.75) is 83.3 Å². The van der Waals surface area contributed by atoms with Crippen LogP contribution in [-0.4, -0.2) is 53.0 Å². The van der Waals surface area contributed by atoms with Crippen LogP contribution in [-0.2, 0) is 20.7 Å².